The largest absolute Gasteiger partial charge is 0.480 e. The Kier molecular flexibility index (Phi) is 8.23. The van der Waals surface area contributed by atoms with Crippen molar-refractivity contribution in [3.63, 3.8) is 0 Å². The zero-order valence-electron chi connectivity index (χ0n) is 14.5. The third kappa shape index (κ3) is 7.31. The van der Waals surface area contributed by atoms with Gasteiger partial charge < -0.3 is 27.2 Å². The number of hydrogen-bond acceptors (Lipinski definition) is 5. The average molecular weight is 364 g/mol. The first-order chi connectivity index (χ1) is 12.2. The Hall–Kier alpha value is -2.94. The third-order valence-corrected chi connectivity index (χ3v) is 3.68. The monoisotopic (exact) mass is 364 g/mol. The molecule has 0 spiro atoms. The molecule has 0 bridgehead atoms. The zero-order chi connectivity index (χ0) is 19.7. The van der Waals surface area contributed by atoms with Crippen LogP contribution < -0.4 is 22.1 Å². The smallest absolute Gasteiger partial charge is 0.326 e. The first-order valence-electron chi connectivity index (χ1n) is 8.12. The van der Waals surface area contributed by atoms with Crippen LogP contribution in [0.1, 0.15) is 25.3 Å². The van der Waals surface area contributed by atoms with E-state index in [4.69, 9.17) is 16.6 Å². The van der Waals surface area contributed by atoms with E-state index in [2.05, 4.69) is 10.6 Å². The second kappa shape index (κ2) is 10.1. The number of nitrogens with one attached hydrogen (secondary N) is 2. The molecule has 0 saturated carbocycles. The summed E-state index contributed by atoms with van der Waals surface area (Å²) in [5.41, 5.74) is 11.7. The van der Waals surface area contributed by atoms with Crippen LogP contribution in [0.25, 0.3) is 0 Å². The van der Waals surface area contributed by atoms with Crippen molar-refractivity contribution in [3.05, 3.63) is 35.9 Å². The fraction of sp³-hybridized carbons (Fsp3) is 0.412. The highest BCUT2D eigenvalue weighted by Gasteiger charge is 2.25. The number of amides is 3. The second-order valence-electron chi connectivity index (χ2n) is 5.93. The topological polar surface area (TPSA) is 165 Å². The number of carboxylic acid groups (broad SMARTS) is 1. The molecule has 1 rings (SSSR count). The lowest BCUT2D eigenvalue weighted by atomic mass is 10.1. The molecule has 0 aliphatic rings. The number of nitrogens with two attached hydrogens (primary N) is 2. The average Bonchev–Trinajstić information content (AvgIpc) is 2.58. The third-order valence-electron chi connectivity index (χ3n) is 3.68. The quantitative estimate of drug-likeness (QED) is 0.353. The lowest BCUT2D eigenvalue weighted by Crippen LogP contribution is -2.53. The van der Waals surface area contributed by atoms with E-state index in [1.54, 1.807) is 0 Å². The summed E-state index contributed by atoms with van der Waals surface area (Å²) >= 11 is 0. The molecule has 26 heavy (non-hydrogen) atoms. The SMILES string of the molecule is C[C@H](NC(=O)[C@@H](N)Cc1ccccc1)C(=O)N[C@@H](CCC(N)=O)C(=O)O. The summed E-state index contributed by atoms with van der Waals surface area (Å²) in [5.74, 6) is -3.18. The minimum atomic E-state index is -1.29. The van der Waals surface area contributed by atoms with Crippen molar-refractivity contribution >= 4 is 23.7 Å². The number of carbonyl (C=O) groups is 4. The van der Waals surface area contributed by atoms with Gasteiger partial charge in [0, 0.05) is 6.42 Å². The van der Waals surface area contributed by atoms with Crippen LogP contribution in [-0.2, 0) is 25.6 Å². The summed E-state index contributed by atoms with van der Waals surface area (Å²) in [6.45, 7) is 1.41. The lowest BCUT2D eigenvalue weighted by Gasteiger charge is -2.20. The van der Waals surface area contributed by atoms with Crippen molar-refractivity contribution < 1.29 is 24.3 Å². The van der Waals surface area contributed by atoms with Gasteiger partial charge in [-0.2, -0.15) is 0 Å². The van der Waals surface area contributed by atoms with Crippen LogP contribution in [0.2, 0.25) is 0 Å². The second-order valence-corrected chi connectivity index (χ2v) is 5.93. The fourth-order valence-corrected chi connectivity index (χ4v) is 2.19. The molecule has 0 saturated heterocycles. The van der Waals surface area contributed by atoms with Crippen LogP contribution in [0.3, 0.4) is 0 Å². The first kappa shape index (κ1) is 21.1. The normalized spacial score (nSPS) is 13.9. The number of rotatable bonds is 10. The molecule has 9 nitrogen and oxygen atoms in total. The molecule has 3 amide bonds. The maximum Gasteiger partial charge on any atom is 0.326 e. The van der Waals surface area contributed by atoms with Crippen molar-refractivity contribution in [2.24, 2.45) is 11.5 Å². The van der Waals surface area contributed by atoms with Crippen LogP contribution in [-0.4, -0.2) is 46.9 Å². The van der Waals surface area contributed by atoms with E-state index in [9.17, 15) is 19.2 Å². The number of primary amides is 1. The van der Waals surface area contributed by atoms with Crippen molar-refractivity contribution in [1.82, 2.24) is 10.6 Å². The molecule has 7 N–H and O–H groups in total. The highest BCUT2D eigenvalue weighted by molar-refractivity contribution is 5.91. The van der Waals surface area contributed by atoms with Gasteiger partial charge in [-0.25, -0.2) is 4.79 Å². The maximum atomic E-state index is 12.1. The number of carboxylic acids is 1. The van der Waals surface area contributed by atoms with Gasteiger partial charge >= 0.3 is 5.97 Å². The van der Waals surface area contributed by atoms with Crippen molar-refractivity contribution in [2.75, 3.05) is 0 Å². The van der Waals surface area contributed by atoms with Crippen molar-refractivity contribution in [2.45, 2.75) is 44.3 Å². The molecule has 0 radical (unpaired) electrons. The molecule has 0 heterocycles. The van der Waals surface area contributed by atoms with Crippen molar-refractivity contribution in [1.29, 1.82) is 0 Å². The van der Waals surface area contributed by atoms with E-state index in [1.807, 2.05) is 30.3 Å². The Morgan fingerprint density at radius 3 is 2.23 bits per heavy atom. The Morgan fingerprint density at radius 2 is 1.69 bits per heavy atom. The molecule has 0 unspecified atom stereocenters. The van der Waals surface area contributed by atoms with Crippen LogP contribution >= 0.6 is 0 Å². The number of hydrogen-bond donors (Lipinski definition) is 5. The van der Waals surface area contributed by atoms with E-state index in [1.165, 1.54) is 6.92 Å². The summed E-state index contributed by atoms with van der Waals surface area (Å²) in [6.07, 6.45) is -0.0120. The fourth-order valence-electron chi connectivity index (χ4n) is 2.19. The highest BCUT2D eigenvalue weighted by Crippen LogP contribution is 2.03. The molecule has 142 valence electrons. The van der Waals surface area contributed by atoms with Gasteiger partial charge in [-0.05, 0) is 25.3 Å². The van der Waals surface area contributed by atoms with E-state index in [0.29, 0.717) is 6.42 Å². The molecular formula is C17H24N4O5. The Labute approximate surface area is 151 Å². The highest BCUT2D eigenvalue weighted by atomic mass is 16.4. The summed E-state index contributed by atoms with van der Waals surface area (Å²) in [5, 5.41) is 13.8. The van der Waals surface area contributed by atoms with Crippen molar-refractivity contribution in [3.8, 4) is 0 Å². The molecule has 1 aromatic carbocycles. The van der Waals surface area contributed by atoms with Gasteiger partial charge in [0.25, 0.3) is 0 Å². The molecule has 0 aliphatic carbocycles. The molecule has 9 heteroatoms. The summed E-state index contributed by atoms with van der Waals surface area (Å²) in [7, 11) is 0. The number of benzene rings is 1. The van der Waals surface area contributed by atoms with Gasteiger partial charge in [-0.1, -0.05) is 30.3 Å². The Balaban J connectivity index is 2.54. The van der Waals surface area contributed by atoms with E-state index in [0.717, 1.165) is 5.56 Å². The minimum absolute atomic E-state index is 0.134. The summed E-state index contributed by atoms with van der Waals surface area (Å²) in [4.78, 5) is 46.1. The van der Waals surface area contributed by atoms with E-state index >= 15 is 0 Å². The van der Waals surface area contributed by atoms with E-state index in [-0.39, 0.29) is 12.8 Å². The maximum absolute atomic E-state index is 12.1. The van der Waals surface area contributed by atoms with Crippen LogP contribution in [0.15, 0.2) is 30.3 Å². The van der Waals surface area contributed by atoms with E-state index < -0.39 is 41.8 Å². The standard InChI is InChI=1S/C17H24N4O5/c1-10(15(23)21-13(17(25)26)7-8-14(19)22)20-16(24)12(18)9-11-5-3-2-4-6-11/h2-6,10,12-13H,7-9,18H2,1H3,(H2,19,22)(H,20,24)(H,21,23)(H,25,26)/t10-,12-,13-/m0/s1. The number of aliphatic carboxylic acids is 1. The van der Waals surface area contributed by atoms with Gasteiger partial charge in [0.2, 0.25) is 17.7 Å². The number of carbonyl (C=O) groups excluding carboxylic acids is 3. The lowest BCUT2D eigenvalue weighted by molar-refractivity contribution is -0.142. The molecule has 0 aliphatic heterocycles. The van der Waals surface area contributed by atoms with Crippen LogP contribution in [0.4, 0.5) is 0 Å². The summed E-state index contributed by atoms with van der Waals surface area (Å²) in [6, 6.07) is 6.06. The van der Waals surface area contributed by atoms with Gasteiger partial charge in [0.1, 0.15) is 12.1 Å². The molecular weight excluding hydrogens is 340 g/mol. The predicted molar refractivity (Wildman–Crippen MR) is 93.7 cm³/mol. The molecule has 1 aromatic rings. The first-order valence-corrected chi connectivity index (χ1v) is 8.12. The molecule has 0 fully saturated rings. The zero-order valence-corrected chi connectivity index (χ0v) is 14.5. The predicted octanol–water partition coefficient (Wildman–Crippen LogP) is -1.10. The van der Waals surface area contributed by atoms with Gasteiger partial charge in [0.05, 0.1) is 6.04 Å². The minimum Gasteiger partial charge on any atom is -0.480 e. The Bertz CT molecular complexity index is 650. The Morgan fingerprint density at radius 1 is 1.08 bits per heavy atom. The molecule has 0 aromatic heterocycles. The van der Waals surface area contributed by atoms with Gasteiger partial charge in [0.15, 0.2) is 0 Å². The van der Waals surface area contributed by atoms with Gasteiger partial charge in [-0.15, -0.1) is 0 Å². The molecule has 3 atom stereocenters. The van der Waals surface area contributed by atoms with Gasteiger partial charge in [-0.3, -0.25) is 14.4 Å². The summed E-state index contributed by atoms with van der Waals surface area (Å²) < 4.78 is 0. The van der Waals surface area contributed by atoms with Crippen LogP contribution in [0, 0.1) is 0 Å². The van der Waals surface area contributed by atoms with Crippen LogP contribution in [0.5, 0.6) is 0 Å².